The van der Waals surface area contributed by atoms with E-state index in [9.17, 15) is 26.3 Å². The zero-order chi connectivity index (χ0) is 14.5. The molecule has 0 unspecified atom stereocenters. The molecule has 1 heterocycles. The number of fused-ring (bicyclic) bond motifs is 1. The Labute approximate surface area is 108 Å². The van der Waals surface area contributed by atoms with Gasteiger partial charge in [0, 0.05) is 12.0 Å². The summed E-state index contributed by atoms with van der Waals surface area (Å²) in [6.07, 6.45) is 1.41. The third-order valence-corrected chi connectivity index (χ3v) is 3.24. The molecule has 1 aliphatic rings. The number of rotatable bonds is 3. The second-order valence-corrected chi connectivity index (χ2v) is 4.76. The van der Waals surface area contributed by atoms with Crippen LogP contribution in [-0.4, -0.2) is 16.5 Å². The molecule has 0 N–H and O–H groups in total. The molecule has 1 aromatic heterocycles. The fraction of sp³-hybridized carbons (Fsp3) is 0.700. The van der Waals surface area contributed by atoms with Gasteiger partial charge in [-0.05, 0) is 30.9 Å². The van der Waals surface area contributed by atoms with Crippen molar-refractivity contribution in [3.8, 4) is 0 Å². The van der Waals surface area contributed by atoms with E-state index >= 15 is 0 Å². The summed E-state index contributed by atoms with van der Waals surface area (Å²) >= 11 is 4.09. The van der Waals surface area contributed by atoms with Crippen molar-refractivity contribution >= 4 is 11.6 Å². The largest absolute Gasteiger partial charge is 0.392 e. The monoisotopic (exact) mass is 307 g/mol. The zero-order valence-electron chi connectivity index (χ0n) is 9.33. The summed E-state index contributed by atoms with van der Waals surface area (Å²) in [6.45, 7) is 0. The first-order valence-corrected chi connectivity index (χ1v) is 5.77. The maximum atomic E-state index is 13.6. The van der Waals surface area contributed by atoms with Crippen molar-refractivity contribution in [2.45, 2.75) is 42.9 Å². The highest BCUT2D eigenvalue weighted by atomic mass is 35.5. The van der Waals surface area contributed by atoms with Crippen molar-refractivity contribution in [1.29, 1.82) is 0 Å². The molecule has 0 bridgehead atoms. The Balaban J connectivity index is 2.48. The number of aromatic nitrogens is 1. The van der Waals surface area contributed by atoms with E-state index in [4.69, 9.17) is 0 Å². The topological polar surface area (TPSA) is 26.0 Å². The van der Waals surface area contributed by atoms with Gasteiger partial charge in [-0.1, -0.05) is 5.16 Å². The lowest BCUT2D eigenvalue weighted by Gasteiger charge is -2.28. The van der Waals surface area contributed by atoms with E-state index in [-0.39, 0.29) is 24.2 Å². The molecule has 0 atom stereocenters. The summed E-state index contributed by atoms with van der Waals surface area (Å²) in [7, 11) is 0. The van der Waals surface area contributed by atoms with Gasteiger partial charge >= 0.3 is 17.2 Å². The summed E-state index contributed by atoms with van der Waals surface area (Å²) in [4.78, 5) is 0. The van der Waals surface area contributed by atoms with E-state index in [1.54, 1.807) is 0 Å². The Morgan fingerprint density at radius 3 is 2.16 bits per heavy atom. The van der Waals surface area contributed by atoms with Gasteiger partial charge in [0.05, 0.1) is 0 Å². The van der Waals surface area contributed by atoms with Crippen LogP contribution in [0.25, 0.3) is 0 Å². The number of halogens is 7. The normalized spacial score (nSPS) is 17.4. The molecular weight excluding hydrogens is 300 g/mol. The van der Waals surface area contributed by atoms with Crippen LogP contribution in [0.3, 0.4) is 0 Å². The van der Waals surface area contributed by atoms with E-state index < -0.39 is 22.9 Å². The van der Waals surface area contributed by atoms with Gasteiger partial charge in [0.25, 0.3) is 0 Å². The van der Waals surface area contributed by atoms with Crippen LogP contribution in [-0.2, 0) is 18.8 Å². The molecule has 0 saturated heterocycles. The van der Waals surface area contributed by atoms with Crippen LogP contribution in [0.2, 0.25) is 0 Å². The lowest BCUT2D eigenvalue weighted by Crippen LogP contribution is -2.50. The standard InChI is InChI=1S/C10H8ClF6NO/c11-10(16,17)9(14,15)8(12,13)7-5-3-1-2-4-6(5)19-18-7/h1-4H2. The van der Waals surface area contributed by atoms with Gasteiger partial charge in [-0.25, -0.2) is 0 Å². The number of hydrogen-bond donors (Lipinski definition) is 0. The van der Waals surface area contributed by atoms with E-state index in [1.807, 2.05) is 0 Å². The fourth-order valence-corrected chi connectivity index (χ4v) is 2.08. The molecule has 0 aromatic carbocycles. The maximum Gasteiger partial charge on any atom is 0.392 e. The minimum Gasteiger partial charge on any atom is -0.361 e. The Morgan fingerprint density at radius 1 is 1.00 bits per heavy atom. The highest BCUT2D eigenvalue weighted by Crippen LogP contribution is 2.53. The lowest BCUT2D eigenvalue weighted by molar-refractivity contribution is -0.288. The second-order valence-electron chi connectivity index (χ2n) is 4.29. The van der Waals surface area contributed by atoms with Crippen LogP contribution >= 0.6 is 11.6 Å². The number of aryl methyl sites for hydroxylation is 1. The quantitative estimate of drug-likeness (QED) is 0.620. The van der Waals surface area contributed by atoms with E-state index in [2.05, 4.69) is 21.3 Å². The highest BCUT2D eigenvalue weighted by Gasteiger charge is 2.73. The molecule has 2 nitrogen and oxygen atoms in total. The molecule has 0 radical (unpaired) electrons. The Bertz CT molecular complexity index is 481. The molecule has 108 valence electrons. The molecule has 1 aromatic rings. The minimum absolute atomic E-state index is 0.0354. The first-order chi connectivity index (χ1) is 8.59. The summed E-state index contributed by atoms with van der Waals surface area (Å²) < 4.78 is 83.0. The number of nitrogens with zero attached hydrogens (tertiary/aromatic N) is 1. The fourth-order valence-electron chi connectivity index (χ4n) is 1.96. The predicted molar refractivity (Wildman–Crippen MR) is 52.8 cm³/mol. The molecule has 0 saturated carbocycles. The van der Waals surface area contributed by atoms with E-state index in [0.29, 0.717) is 12.8 Å². The smallest absolute Gasteiger partial charge is 0.361 e. The molecule has 19 heavy (non-hydrogen) atoms. The first kappa shape index (κ1) is 14.5. The summed E-state index contributed by atoms with van der Waals surface area (Å²) in [6, 6.07) is 0. The average molecular weight is 308 g/mol. The third kappa shape index (κ3) is 2.09. The number of alkyl halides is 7. The third-order valence-electron chi connectivity index (χ3n) is 3.00. The first-order valence-electron chi connectivity index (χ1n) is 5.39. The van der Waals surface area contributed by atoms with Crippen LogP contribution in [0.1, 0.15) is 29.9 Å². The van der Waals surface area contributed by atoms with Gasteiger partial charge in [-0.15, -0.1) is 0 Å². The maximum absolute atomic E-state index is 13.6. The summed E-state index contributed by atoms with van der Waals surface area (Å²) in [5.41, 5.74) is -1.68. The Morgan fingerprint density at radius 2 is 1.58 bits per heavy atom. The molecule has 0 aliphatic heterocycles. The van der Waals surface area contributed by atoms with Crippen molar-refractivity contribution in [3.05, 3.63) is 17.0 Å². The minimum atomic E-state index is -5.76. The lowest BCUT2D eigenvalue weighted by atomic mass is 9.93. The highest BCUT2D eigenvalue weighted by molar-refractivity contribution is 6.22. The molecule has 2 rings (SSSR count). The van der Waals surface area contributed by atoms with Crippen molar-refractivity contribution in [3.63, 3.8) is 0 Å². The van der Waals surface area contributed by atoms with Gasteiger partial charge < -0.3 is 4.52 Å². The van der Waals surface area contributed by atoms with Gasteiger partial charge in [0.2, 0.25) is 0 Å². The molecule has 9 heteroatoms. The Kier molecular flexibility index (Phi) is 3.27. The number of hydrogen-bond acceptors (Lipinski definition) is 2. The van der Waals surface area contributed by atoms with Crippen molar-refractivity contribution in [2.24, 2.45) is 0 Å². The van der Waals surface area contributed by atoms with Crippen molar-refractivity contribution in [2.75, 3.05) is 0 Å². The Hall–Kier alpha value is -0.920. The predicted octanol–water partition coefficient (Wildman–Crippen LogP) is 4.11. The molecule has 0 fully saturated rings. The molecular formula is C10H8ClF6NO. The average Bonchev–Trinajstić information content (AvgIpc) is 2.71. The molecule has 1 aliphatic carbocycles. The second kappa shape index (κ2) is 4.29. The summed E-state index contributed by atoms with van der Waals surface area (Å²) in [5, 5.41) is -2.54. The van der Waals surface area contributed by atoms with Gasteiger partial charge in [-0.3, -0.25) is 0 Å². The SMILES string of the molecule is FC(F)(Cl)C(F)(F)C(F)(F)c1noc2c1CCCC2. The van der Waals surface area contributed by atoms with Crippen LogP contribution in [0.4, 0.5) is 26.3 Å². The van der Waals surface area contributed by atoms with Crippen LogP contribution in [0.15, 0.2) is 4.52 Å². The molecule has 0 amide bonds. The van der Waals surface area contributed by atoms with Gasteiger partial charge in [0.1, 0.15) is 5.76 Å². The van der Waals surface area contributed by atoms with Crippen LogP contribution < -0.4 is 0 Å². The summed E-state index contributed by atoms with van der Waals surface area (Å²) in [5.74, 6) is -10.9. The van der Waals surface area contributed by atoms with Crippen LogP contribution in [0, 0.1) is 0 Å². The van der Waals surface area contributed by atoms with E-state index in [1.165, 1.54) is 0 Å². The molecule has 0 spiro atoms. The van der Waals surface area contributed by atoms with Gasteiger partial charge in [-0.2, -0.15) is 26.3 Å². The van der Waals surface area contributed by atoms with Crippen molar-refractivity contribution < 1.29 is 30.9 Å². The van der Waals surface area contributed by atoms with Crippen molar-refractivity contribution in [1.82, 2.24) is 5.16 Å². The van der Waals surface area contributed by atoms with Crippen LogP contribution in [0.5, 0.6) is 0 Å². The zero-order valence-corrected chi connectivity index (χ0v) is 10.1. The van der Waals surface area contributed by atoms with E-state index in [0.717, 1.165) is 0 Å². The van der Waals surface area contributed by atoms with Gasteiger partial charge in [0.15, 0.2) is 5.69 Å².